The summed E-state index contributed by atoms with van der Waals surface area (Å²) in [6.07, 6.45) is -4.55. The van der Waals surface area contributed by atoms with Crippen LogP contribution < -0.4 is 10.5 Å². The molecule has 0 unspecified atom stereocenters. The summed E-state index contributed by atoms with van der Waals surface area (Å²) < 4.78 is 44.0. The first kappa shape index (κ1) is 15.2. The van der Waals surface area contributed by atoms with Crippen molar-refractivity contribution in [1.82, 2.24) is 0 Å². The predicted molar refractivity (Wildman–Crippen MR) is 74.0 cm³/mol. The van der Waals surface area contributed by atoms with Crippen molar-refractivity contribution in [2.24, 2.45) is 5.73 Å². The fourth-order valence-corrected chi connectivity index (χ4v) is 2.03. The second-order valence-electron chi connectivity index (χ2n) is 4.12. The van der Waals surface area contributed by atoms with E-state index in [2.05, 4.69) is 0 Å². The minimum absolute atomic E-state index is 0.00769. The SMILES string of the molecule is N=C(N)c1c(Cl)cccc1Oc1ccccc1C(F)(F)F. The molecule has 0 aliphatic rings. The molecular formula is C14H10ClF3N2O. The highest BCUT2D eigenvalue weighted by atomic mass is 35.5. The summed E-state index contributed by atoms with van der Waals surface area (Å²) in [6.45, 7) is 0. The van der Waals surface area contributed by atoms with Crippen molar-refractivity contribution in [3.63, 3.8) is 0 Å². The van der Waals surface area contributed by atoms with E-state index in [1.807, 2.05) is 0 Å². The summed E-state index contributed by atoms with van der Waals surface area (Å²) in [6, 6.07) is 9.15. The molecule has 0 saturated carbocycles. The molecule has 2 aromatic carbocycles. The van der Waals surface area contributed by atoms with Crippen molar-refractivity contribution < 1.29 is 17.9 Å². The number of halogens is 4. The van der Waals surface area contributed by atoms with Gasteiger partial charge in [-0.05, 0) is 24.3 Å². The number of hydrogen-bond donors (Lipinski definition) is 2. The number of nitrogens with two attached hydrogens (primary N) is 1. The van der Waals surface area contributed by atoms with Gasteiger partial charge >= 0.3 is 6.18 Å². The molecule has 2 aromatic rings. The third kappa shape index (κ3) is 3.28. The normalized spacial score (nSPS) is 11.2. The van der Waals surface area contributed by atoms with Crippen LogP contribution in [0.25, 0.3) is 0 Å². The zero-order chi connectivity index (χ0) is 15.6. The largest absolute Gasteiger partial charge is 0.456 e. The minimum Gasteiger partial charge on any atom is -0.456 e. The van der Waals surface area contributed by atoms with Gasteiger partial charge in [-0.2, -0.15) is 13.2 Å². The molecule has 2 rings (SSSR count). The number of para-hydroxylation sites is 1. The molecule has 0 aliphatic carbocycles. The molecule has 7 heteroatoms. The van der Waals surface area contributed by atoms with Gasteiger partial charge in [0.2, 0.25) is 0 Å². The lowest BCUT2D eigenvalue weighted by Gasteiger charge is -2.15. The molecule has 21 heavy (non-hydrogen) atoms. The molecule has 0 amide bonds. The molecule has 0 fully saturated rings. The van der Waals surface area contributed by atoms with Gasteiger partial charge in [-0.25, -0.2) is 0 Å². The van der Waals surface area contributed by atoms with E-state index < -0.39 is 11.7 Å². The van der Waals surface area contributed by atoms with Crippen LogP contribution in [0.4, 0.5) is 13.2 Å². The molecule has 0 aromatic heterocycles. The molecule has 0 heterocycles. The maximum absolute atomic E-state index is 12.9. The topological polar surface area (TPSA) is 59.1 Å². The number of ether oxygens (including phenoxy) is 1. The van der Waals surface area contributed by atoms with Crippen LogP contribution >= 0.6 is 11.6 Å². The first-order valence-electron chi connectivity index (χ1n) is 5.77. The number of rotatable bonds is 3. The van der Waals surface area contributed by atoms with Crippen LogP contribution in [0.5, 0.6) is 11.5 Å². The average molecular weight is 315 g/mol. The van der Waals surface area contributed by atoms with Gasteiger partial charge in [0.15, 0.2) is 0 Å². The van der Waals surface area contributed by atoms with E-state index in [-0.39, 0.29) is 27.9 Å². The Morgan fingerprint density at radius 1 is 1.05 bits per heavy atom. The molecule has 0 saturated heterocycles. The minimum atomic E-state index is -4.55. The molecule has 0 radical (unpaired) electrons. The fourth-order valence-electron chi connectivity index (χ4n) is 1.76. The first-order chi connectivity index (χ1) is 9.80. The van der Waals surface area contributed by atoms with E-state index in [0.717, 1.165) is 6.07 Å². The Balaban J connectivity index is 2.50. The Kier molecular flexibility index (Phi) is 4.09. The summed E-state index contributed by atoms with van der Waals surface area (Å²) in [7, 11) is 0. The zero-order valence-electron chi connectivity index (χ0n) is 10.5. The molecule has 0 spiro atoms. The highest BCUT2D eigenvalue weighted by molar-refractivity contribution is 6.34. The van der Waals surface area contributed by atoms with Gasteiger partial charge in [-0.1, -0.05) is 29.8 Å². The van der Waals surface area contributed by atoms with Gasteiger partial charge in [-0.15, -0.1) is 0 Å². The van der Waals surface area contributed by atoms with Crippen LogP contribution in [0.2, 0.25) is 5.02 Å². The lowest BCUT2D eigenvalue weighted by Crippen LogP contribution is -2.13. The van der Waals surface area contributed by atoms with Crippen LogP contribution in [0.1, 0.15) is 11.1 Å². The van der Waals surface area contributed by atoms with Crippen molar-refractivity contribution in [3.8, 4) is 11.5 Å². The van der Waals surface area contributed by atoms with E-state index in [1.165, 1.54) is 36.4 Å². The fraction of sp³-hybridized carbons (Fsp3) is 0.0714. The molecule has 0 bridgehead atoms. The molecule has 0 aliphatic heterocycles. The van der Waals surface area contributed by atoms with E-state index >= 15 is 0 Å². The van der Waals surface area contributed by atoms with Gasteiger partial charge in [-0.3, -0.25) is 5.41 Å². The quantitative estimate of drug-likeness (QED) is 0.650. The van der Waals surface area contributed by atoms with Gasteiger partial charge in [0.25, 0.3) is 0 Å². The van der Waals surface area contributed by atoms with E-state index in [9.17, 15) is 13.2 Å². The second-order valence-corrected chi connectivity index (χ2v) is 4.53. The summed E-state index contributed by atoms with van der Waals surface area (Å²) in [5.74, 6) is -0.776. The lowest BCUT2D eigenvalue weighted by molar-refractivity contribution is -0.138. The Labute approximate surface area is 123 Å². The van der Waals surface area contributed by atoms with Crippen LogP contribution in [-0.2, 0) is 6.18 Å². The number of amidine groups is 1. The number of alkyl halides is 3. The Morgan fingerprint density at radius 2 is 1.67 bits per heavy atom. The standard InChI is InChI=1S/C14H10ClF3N2O/c15-9-5-3-7-11(12(9)13(19)20)21-10-6-2-1-4-8(10)14(16,17)18/h1-7H,(H3,19,20). The van der Waals surface area contributed by atoms with Crippen molar-refractivity contribution >= 4 is 17.4 Å². The highest BCUT2D eigenvalue weighted by Gasteiger charge is 2.34. The predicted octanol–water partition coefficient (Wildman–Crippen LogP) is 4.44. The molecular weight excluding hydrogens is 305 g/mol. The number of hydrogen-bond acceptors (Lipinski definition) is 2. The highest BCUT2D eigenvalue weighted by Crippen LogP contribution is 2.39. The number of benzene rings is 2. The summed E-state index contributed by atoms with van der Waals surface area (Å²) in [5.41, 5.74) is 4.52. The smallest absolute Gasteiger partial charge is 0.419 e. The van der Waals surface area contributed by atoms with Crippen LogP contribution in [0.3, 0.4) is 0 Å². The van der Waals surface area contributed by atoms with Gasteiger partial charge in [0.05, 0.1) is 16.1 Å². The van der Waals surface area contributed by atoms with Crippen LogP contribution in [0, 0.1) is 5.41 Å². The van der Waals surface area contributed by atoms with Gasteiger partial charge in [0.1, 0.15) is 17.3 Å². The Bertz CT molecular complexity index is 686. The third-order valence-electron chi connectivity index (χ3n) is 2.66. The molecule has 3 N–H and O–H groups in total. The zero-order valence-corrected chi connectivity index (χ0v) is 11.3. The van der Waals surface area contributed by atoms with Crippen molar-refractivity contribution in [2.45, 2.75) is 6.18 Å². The van der Waals surface area contributed by atoms with Gasteiger partial charge in [0, 0.05) is 0 Å². The maximum atomic E-state index is 12.9. The van der Waals surface area contributed by atoms with E-state index in [0.29, 0.717) is 0 Å². The van der Waals surface area contributed by atoms with Crippen molar-refractivity contribution in [1.29, 1.82) is 5.41 Å². The summed E-state index contributed by atoms with van der Waals surface area (Å²) in [4.78, 5) is 0. The van der Waals surface area contributed by atoms with Crippen molar-refractivity contribution in [3.05, 3.63) is 58.6 Å². The lowest BCUT2D eigenvalue weighted by atomic mass is 10.1. The number of nitrogens with one attached hydrogen (secondary N) is 1. The first-order valence-corrected chi connectivity index (χ1v) is 6.15. The third-order valence-corrected chi connectivity index (χ3v) is 2.97. The monoisotopic (exact) mass is 314 g/mol. The van der Waals surface area contributed by atoms with Crippen LogP contribution in [0.15, 0.2) is 42.5 Å². The summed E-state index contributed by atoms with van der Waals surface area (Å²) in [5, 5.41) is 7.58. The molecule has 110 valence electrons. The second kappa shape index (κ2) is 5.65. The van der Waals surface area contributed by atoms with E-state index in [1.54, 1.807) is 0 Å². The average Bonchev–Trinajstić information content (AvgIpc) is 2.37. The maximum Gasteiger partial charge on any atom is 0.419 e. The number of nitrogen functional groups attached to an aromatic ring is 1. The van der Waals surface area contributed by atoms with E-state index in [4.69, 9.17) is 27.5 Å². The van der Waals surface area contributed by atoms with Crippen molar-refractivity contribution in [2.75, 3.05) is 0 Å². The molecule has 3 nitrogen and oxygen atoms in total. The Morgan fingerprint density at radius 3 is 2.29 bits per heavy atom. The molecule has 0 atom stereocenters. The van der Waals surface area contributed by atoms with Crippen LogP contribution in [-0.4, -0.2) is 5.84 Å². The van der Waals surface area contributed by atoms with Gasteiger partial charge < -0.3 is 10.5 Å². The summed E-state index contributed by atoms with van der Waals surface area (Å²) >= 11 is 5.90. The Hall–Kier alpha value is -2.21.